The van der Waals surface area contributed by atoms with E-state index in [0.29, 0.717) is 18.8 Å². The van der Waals surface area contributed by atoms with Gasteiger partial charge in [-0.15, -0.1) is 0 Å². The lowest BCUT2D eigenvalue weighted by molar-refractivity contribution is -0.0147. The summed E-state index contributed by atoms with van der Waals surface area (Å²) in [5.41, 5.74) is 0.477. The van der Waals surface area contributed by atoms with E-state index in [1.54, 1.807) is 30.1 Å². The molecular formula is C15H22FNO3. The van der Waals surface area contributed by atoms with Gasteiger partial charge >= 0.3 is 0 Å². The number of likely N-dealkylation sites (N-methyl/N-ethyl adjacent to an activating group) is 1. The molecule has 0 radical (unpaired) electrons. The summed E-state index contributed by atoms with van der Waals surface area (Å²) in [6.45, 7) is 1.87. The van der Waals surface area contributed by atoms with Gasteiger partial charge in [0.15, 0.2) is 0 Å². The second-order valence-electron chi connectivity index (χ2n) is 5.16. The van der Waals surface area contributed by atoms with Gasteiger partial charge in [0, 0.05) is 20.2 Å². The van der Waals surface area contributed by atoms with Crippen LogP contribution in [0.4, 0.5) is 10.1 Å². The molecule has 112 valence electrons. The molecule has 0 amide bonds. The van der Waals surface area contributed by atoms with Gasteiger partial charge in [-0.25, -0.2) is 4.39 Å². The topological polar surface area (TPSA) is 41.9 Å². The fraction of sp³-hybridized carbons (Fsp3) is 0.600. The number of para-hydroxylation sites is 1. The van der Waals surface area contributed by atoms with Gasteiger partial charge in [0.25, 0.3) is 0 Å². The first kappa shape index (κ1) is 15.2. The summed E-state index contributed by atoms with van der Waals surface area (Å²) < 4.78 is 24.5. The SMILES string of the molecule is CN(CC(O)COCC1CCCO1)c1ccccc1F. The lowest BCUT2D eigenvalue weighted by Crippen LogP contribution is -2.33. The van der Waals surface area contributed by atoms with E-state index in [-0.39, 0.29) is 18.5 Å². The summed E-state index contributed by atoms with van der Waals surface area (Å²) in [6.07, 6.45) is 1.60. The number of hydrogen-bond acceptors (Lipinski definition) is 4. The van der Waals surface area contributed by atoms with E-state index in [1.165, 1.54) is 6.07 Å². The lowest BCUT2D eigenvalue weighted by Gasteiger charge is -2.23. The molecule has 0 bridgehead atoms. The monoisotopic (exact) mass is 283 g/mol. The highest BCUT2D eigenvalue weighted by atomic mass is 19.1. The second-order valence-corrected chi connectivity index (χ2v) is 5.16. The maximum absolute atomic E-state index is 13.6. The van der Waals surface area contributed by atoms with Crippen LogP contribution in [0, 0.1) is 5.82 Å². The number of halogens is 1. The zero-order valence-electron chi connectivity index (χ0n) is 11.8. The van der Waals surface area contributed by atoms with Crippen LogP contribution in [0.5, 0.6) is 0 Å². The van der Waals surface area contributed by atoms with Gasteiger partial charge in [0.05, 0.1) is 31.1 Å². The van der Waals surface area contributed by atoms with Crippen LogP contribution in [0.1, 0.15) is 12.8 Å². The minimum absolute atomic E-state index is 0.159. The Hall–Kier alpha value is -1.17. The van der Waals surface area contributed by atoms with Crippen LogP contribution in [0.2, 0.25) is 0 Å². The third-order valence-electron chi connectivity index (χ3n) is 3.39. The molecule has 1 aromatic carbocycles. The summed E-state index contributed by atoms with van der Waals surface area (Å²) in [4.78, 5) is 1.69. The molecule has 4 nitrogen and oxygen atoms in total. The molecule has 1 aliphatic heterocycles. The number of rotatable bonds is 7. The van der Waals surface area contributed by atoms with Crippen molar-refractivity contribution in [2.24, 2.45) is 0 Å². The van der Waals surface area contributed by atoms with Crippen LogP contribution < -0.4 is 4.90 Å². The van der Waals surface area contributed by atoms with Crippen molar-refractivity contribution in [3.05, 3.63) is 30.1 Å². The highest BCUT2D eigenvalue weighted by Gasteiger charge is 2.17. The minimum Gasteiger partial charge on any atom is -0.389 e. The molecular weight excluding hydrogens is 261 g/mol. The maximum atomic E-state index is 13.6. The number of benzene rings is 1. The smallest absolute Gasteiger partial charge is 0.146 e. The van der Waals surface area contributed by atoms with Crippen LogP contribution in [-0.2, 0) is 9.47 Å². The predicted molar refractivity (Wildman–Crippen MR) is 75.5 cm³/mol. The normalized spacial score (nSPS) is 20.1. The van der Waals surface area contributed by atoms with E-state index in [0.717, 1.165) is 19.4 Å². The second kappa shape index (κ2) is 7.57. The third kappa shape index (κ3) is 4.44. The molecule has 1 aromatic rings. The van der Waals surface area contributed by atoms with E-state index in [9.17, 15) is 9.50 Å². The van der Waals surface area contributed by atoms with E-state index in [4.69, 9.17) is 9.47 Å². The van der Waals surface area contributed by atoms with Crippen molar-refractivity contribution >= 4 is 5.69 Å². The van der Waals surface area contributed by atoms with E-state index in [1.807, 2.05) is 0 Å². The standard InChI is InChI=1S/C15H22FNO3/c1-17(15-7-3-2-6-14(15)16)9-12(18)10-19-11-13-5-4-8-20-13/h2-3,6-7,12-13,18H,4-5,8-11H2,1H3. The van der Waals surface area contributed by atoms with Crippen LogP contribution in [0.15, 0.2) is 24.3 Å². The number of anilines is 1. The van der Waals surface area contributed by atoms with E-state index in [2.05, 4.69) is 0 Å². The number of nitrogens with zero attached hydrogens (tertiary/aromatic N) is 1. The fourth-order valence-electron chi connectivity index (χ4n) is 2.34. The first-order valence-electron chi connectivity index (χ1n) is 7.00. The number of hydrogen-bond donors (Lipinski definition) is 1. The van der Waals surface area contributed by atoms with E-state index >= 15 is 0 Å². The summed E-state index contributed by atoms with van der Waals surface area (Å²) in [5.74, 6) is -0.289. The Morgan fingerprint density at radius 3 is 3.00 bits per heavy atom. The van der Waals surface area contributed by atoms with Crippen molar-refractivity contribution in [3.63, 3.8) is 0 Å². The van der Waals surface area contributed by atoms with Gasteiger partial charge < -0.3 is 19.5 Å². The number of aliphatic hydroxyl groups is 1. The average molecular weight is 283 g/mol. The highest BCUT2D eigenvalue weighted by molar-refractivity contribution is 5.46. The number of aliphatic hydroxyl groups excluding tert-OH is 1. The largest absolute Gasteiger partial charge is 0.389 e. The molecule has 20 heavy (non-hydrogen) atoms. The summed E-state index contributed by atoms with van der Waals surface area (Å²) >= 11 is 0. The summed E-state index contributed by atoms with van der Waals surface area (Å²) in [5, 5.41) is 9.92. The quantitative estimate of drug-likeness (QED) is 0.829. The summed E-state index contributed by atoms with van der Waals surface area (Å²) in [7, 11) is 1.75. The van der Waals surface area contributed by atoms with Crippen molar-refractivity contribution in [2.45, 2.75) is 25.0 Å². The Morgan fingerprint density at radius 1 is 1.50 bits per heavy atom. The van der Waals surface area contributed by atoms with Gasteiger partial charge in [-0.1, -0.05) is 12.1 Å². The van der Waals surface area contributed by atoms with Crippen LogP contribution in [0.25, 0.3) is 0 Å². The summed E-state index contributed by atoms with van der Waals surface area (Å²) in [6, 6.07) is 6.52. The Balaban J connectivity index is 1.70. The van der Waals surface area contributed by atoms with Gasteiger partial charge in [0.1, 0.15) is 5.82 Å². The zero-order chi connectivity index (χ0) is 14.4. The Morgan fingerprint density at radius 2 is 2.30 bits per heavy atom. The first-order chi connectivity index (χ1) is 9.66. The molecule has 2 unspecified atom stereocenters. The molecule has 1 aliphatic rings. The zero-order valence-corrected chi connectivity index (χ0v) is 11.8. The molecule has 0 aromatic heterocycles. The van der Waals surface area contributed by atoms with Gasteiger partial charge in [0.2, 0.25) is 0 Å². The number of ether oxygens (including phenoxy) is 2. The van der Waals surface area contributed by atoms with Crippen molar-refractivity contribution in [1.82, 2.24) is 0 Å². The van der Waals surface area contributed by atoms with Crippen molar-refractivity contribution in [1.29, 1.82) is 0 Å². The highest BCUT2D eigenvalue weighted by Crippen LogP contribution is 2.17. The van der Waals surface area contributed by atoms with Crippen LogP contribution in [0.3, 0.4) is 0 Å². The van der Waals surface area contributed by atoms with Crippen LogP contribution in [-0.4, -0.2) is 50.7 Å². The predicted octanol–water partition coefficient (Wildman–Crippen LogP) is 1.82. The molecule has 5 heteroatoms. The molecule has 0 aliphatic carbocycles. The average Bonchev–Trinajstić information content (AvgIpc) is 2.92. The van der Waals surface area contributed by atoms with Gasteiger partial charge in [-0.05, 0) is 25.0 Å². The Labute approximate surface area is 119 Å². The lowest BCUT2D eigenvalue weighted by atomic mass is 10.2. The third-order valence-corrected chi connectivity index (χ3v) is 3.39. The molecule has 1 heterocycles. The van der Waals surface area contributed by atoms with Crippen molar-refractivity contribution in [2.75, 3.05) is 38.3 Å². The maximum Gasteiger partial charge on any atom is 0.146 e. The molecule has 1 N–H and O–H groups in total. The van der Waals surface area contributed by atoms with Crippen molar-refractivity contribution < 1.29 is 19.0 Å². The minimum atomic E-state index is -0.652. The first-order valence-corrected chi connectivity index (χ1v) is 7.00. The molecule has 2 rings (SSSR count). The van der Waals surface area contributed by atoms with E-state index < -0.39 is 6.10 Å². The molecule has 1 fully saturated rings. The van der Waals surface area contributed by atoms with Gasteiger partial charge in [-0.2, -0.15) is 0 Å². The molecule has 0 spiro atoms. The molecule has 1 saturated heterocycles. The Kier molecular flexibility index (Phi) is 5.76. The molecule has 0 saturated carbocycles. The molecule has 2 atom stereocenters. The van der Waals surface area contributed by atoms with Gasteiger partial charge in [-0.3, -0.25) is 0 Å². The van der Waals surface area contributed by atoms with Crippen molar-refractivity contribution in [3.8, 4) is 0 Å². The van der Waals surface area contributed by atoms with Crippen LogP contribution >= 0.6 is 0 Å². The fourth-order valence-corrected chi connectivity index (χ4v) is 2.34. The Bertz CT molecular complexity index is 410.